The Balaban J connectivity index is 2.43. The summed E-state index contributed by atoms with van der Waals surface area (Å²) in [4.78, 5) is 10.4. The number of para-hydroxylation sites is 1. The predicted octanol–water partition coefficient (Wildman–Crippen LogP) is 4.10. The lowest BCUT2D eigenvalue weighted by molar-refractivity contribution is -0.384. The second kappa shape index (κ2) is 5.30. The van der Waals surface area contributed by atoms with Gasteiger partial charge in [-0.25, -0.2) is 0 Å². The normalized spacial score (nSPS) is 12.2. The molecule has 21 heavy (non-hydrogen) atoms. The standard InChI is InChI=1S/C17H21N2O2/c1-17(2,14-10-12-15(13-11-14)18(20)21)19(3,4)16-8-6-5-7-9-16/h5-13H,1-4H3/q+1. The minimum atomic E-state index is -0.367. The molecule has 2 aromatic rings. The summed E-state index contributed by atoms with van der Waals surface area (Å²) in [7, 11) is 4.30. The maximum atomic E-state index is 10.8. The molecule has 0 fully saturated rings. The summed E-state index contributed by atoms with van der Waals surface area (Å²) in [5, 5.41) is 10.8. The van der Waals surface area contributed by atoms with Gasteiger partial charge < -0.3 is 0 Å². The lowest BCUT2D eigenvalue weighted by Gasteiger charge is -2.44. The Morgan fingerprint density at radius 1 is 0.952 bits per heavy atom. The van der Waals surface area contributed by atoms with Crippen LogP contribution in [-0.4, -0.2) is 19.0 Å². The molecular weight excluding hydrogens is 264 g/mol. The van der Waals surface area contributed by atoms with Crippen LogP contribution < -0.4 is 4.48 Å². The molecule has 0 radical (unpaired) electrons. The average Bonchev–Trinajstić information content (AvgIpc) is 2.48. The fourth-order valence-corrected chi connectivity index (χ4v) is 2.44. The van der Waals surface area contributed by atoms with E-state index in [9.17, 15) is 10.1 Å². The van der Waals surface area contributed by atoms with E-state index in [1.54, 1.807) is 12.1 Å². The molecule has 0 saturated carbocycles. The van der Waals surface area contributed by atoms with E-state index in [2.05, 4.69) is 40.1 Å². The van der Waals surface area contributed by atoms with E-state index >= 15 is 0 Å². The summed E-state index contributed by atoms with van der Waals surface area (Å²) in [6, 6.07) is 17.1. The van der Waals surface area contributed by atoms with Gasteiger partial charge in [0.1, 0.15) is 11.2 Å². The van der Waals surface area contributed by atoms with Crippen LogP contribution in [0.4, 0.5) is 11.4 Å². The highest BCUT2D eigenvalue weighted by Crippen LogP contribution is 2.37. The number of hydrogen-bond acceptors (Lipinski definition) is 2. The molecule has 110 valence electrons. The largest absolute Gasteiger partial charge is 0.288 e. The summed E-state index contributed by atoms with van der Waals surface area (Å²) < 4.78 is 0.658. The minimum absolute atomic E-state index is 0.125. The van der Waals surface area contributed by atoms with Crippen molar-refractivity contribution in [3.05, 3.63) is 70.3 Å². The van der Waals surface area contributed by atoms with Gasteiger partial charge in [-0.1, -0.05) is 18.2 Å². The Morgan fingerprint density at radius 2 is 1.48 bits per heavy atom. The molecule has 2 aromatic carbocycles. The highest BCUT2D eigenvalue weighted by molar-refractivity contribution is 5.46. The van der Waals surface area contributed by atoms with Gasteiger partial charge >= 0.3 is 0 Å². The molecule has 4 heteroatoms. The number of non-ortho nitro benzene ring substituents is 1. The summed E-state index contributed by atoms with van der Waals surface area (Å²) >= 11 is 0. The molecule has 0 aliphatic heterocycles. The highest BCUT2D eigenvalue weighted by Gasteiger charge is 2.40. The maximum Gasteiger partial charge on any atom is 0.269 e. The molecule has 0 saturated heterocycles. The SMILES string of the molecule is CC(C)(c1ccc([N+](=O)[O-])cc1)[N+](C)(C)c1ccccc1. The van der Waals surface area contributed by atoms with Gasteiger partial charge in [0, 0.05) is 17.7 Å². The van der Waals surface area contributed by atoms with Gasteiger partial charge in [-0.3, -0.25) is 14.6 Å². The second-order valence-corrected chi connectivity index (χ2v) is 6.15. The van der Waals surface area contributed by atoms with Gasteiger partial charge in [0.05, 0.1) is 19.0 Å². The minimum Gasteiger partial charge on any atom is -0.288 e. The zero-order chi connectivity index (χ0) is 15.7. The lowest BCUT2D eigenvalue weighted by Crippen LogP contribution is -2.55. The molecule has 0 bridgehead atoms. The maximum absolute atomic E-state index is 10.8. The van der Waals surface area contributed by atoms with Gasteiger partial charge in [-0.2, -0.15) is 0 Å². The van der Waals surface area contributed by atoms with Crippen molar-refractivity contribution in [3.8, 4) is 0 Å². The Morgan fingerprint density at radius 3 is 1.95 bits per heavy atom. The summed E-state index contributed by atoms with van der Waals surface area (Å²) in [5.41, 5.74) is 2.18. The molecule has 0 aliphatic rings. The van der Waals surface area contributed by atoms with Crippen molar-refractivity contribution in [2.75, 3.05) is 14.1 Å². The molecule has 0 aromatic heterocycles. The first-order valence-corrected chi connectivity index (χ1v) is 6.91. The topological polar surface area (TPSA) is 43.1 Å². The third-order valence-electron chi connectivity index (χ3n) is 4.58. The summed E-state index contributed by atoms with van der Waals surface area (Å²) in [5.74, 6) is 0. The summed E-state index contributed by atoms with van der Waals surface area (Å²) in [6.45, 7) is 4.31. The van der Waals surface area contributed by atoms with Crippen LogP contribution in [0.1, 0.15) is 19.4 Å². The summed E-state index contributed by atoms with van der Waals surface area (Å²) in [6.07, 6.45) is 0. The molecule has 4 nitrogen and oxygen atoms in total. The van der Waals surface area contributed by atoms with Crippen LogP contribution in [0, 0.1) is 10.1 Å². The van der Waals surface area contributed by atoms with Crippen LogP contribution in [0.2, 0.25) is 0 Å². The van der Waals surface area contributed by atoms with Crippen LogP contribution in [0.5, 0.6) is 0 Å². The zero-order valence-corrected chi connectivity index (χ0v) is 12.9. The van der Waals surface area contributed by atoms with E-state index in [1.165, 1.54) is 5.69 Å². The van der Waals surface area contributed by atoms with Crippen LogP contribution in [0.3, 0.4) is 0 Å². The van der Waals surface area contributed by atoms with Crippen LogP contribution in [0.15, 0.2) is 54.6 Å². The number of nitrogens with zero attached hydrogens (tertiary/aromatic N) is 2. The average molecular weight is 285 g/mol. The molecule has 0 N–H and O–H groups in total. The van der Waals surface area contributed by atoms with Gasteiger partial charge in [-0.15, -0.1) is 0 Å². The molecule has 0 aliphatic carbocycles. The molecule has 0 unspecified atom stereocenters. The van der Waals surface area contributed by atoms with E-state index < -0.39 is 0 Å². The van der Waals surface area contributed by atoms with Crippen molar-refractivity contribution in [2.24, 2.45) is 0 Å². The van der Waals surface area contributed by atoms with E-state index in [0.717, 1.165) is 5.56 Å². The number of hydrogen-bond donors (Lipinski definition) is 0. The van der Waals surface area contributed by atoms with E-state index in [0.29, 0.717) is 4.48 Å². The first-order valence-electron chi connectivity index (χ1n) is 6.91. The second-order valence-electron chi connectivity index (χ2n) is 6.15. The van der Waals surface area contributed by atoms with Crippen LogP contribution in [-0.2, 0) is 5.54 Å². The van der Waals surface area contributed by atoms with E-state index in [-0.39, 0.29) is 16.1 Å². The molecule has 2 rings (SSSR count). The Kier molecular flexibility index (Phi) is 3.83. The van der Waals surface area contributed by atoms with Crippen molar-refractivity contribution >= 4 is 11.4 Å². The molecule has 0 spiro atoms. The van der Waals surface area contributed by atoms with Gasteiger partial charge in [0.15, 0.2) is 0 Å². The molecule has 0 amide bonds. The number of nitro groups is 1. The quantitative estimate of drug-likeness (QED) is 0.482. The first kappa shape index (κ1) is 15.2. The van der Waals surface area contributed by atoms with Gasteiger partial charge in [0.2, 0.25) is 0 Å². The van der Waals surface area contributed by atoms with Gasteiger partial charge in [0.25, 0.3) is 5.69 Å². The molecule has 0 atom stereocenters. The number of nitro benzene ring substituents is 1. The van der Waals surface area contributed by atoms with Crippen molar-refractivity contribution in [3.63, 3.8) is 0 Å². The highest BCUT2D eigenvalue weighted by atomic mass is 16.6. The van der Waals surface area contributed by atoms with Crippen LogP contribution in [0.25, 0.3) is 0 Å². The van der Waals surface area contributed by atoms with Gasteiger partial charge in [-0.05, 0) is 38.1 Å². The van der Waals surface area contributed by atoms with E-state index in [1.807, 2.05) is 30.3 Å². The van der Waals surface area contributed by atoms with E-state index in [4.69, 9.17) is 0 Å². The van der Waals surface area contributed by atoms with Crippen molar-refractivity contribution in [1.82, 2.24) is 4.48 Å². The van der Waals surface area contributed by atoms with Crippen LogP contribution >= 0.6 is 0 Å². The number of quaternary nitrogens is 1. The Hall–Kier alpha value is -2.20. The first-order chi connectivity index (χ1) is 9.76. The molecular formula is C17H21N2O2+. The van der Waals surface area contributed by atoms with Crippen molar-refractivity contribution in [1.29, 1.82) is 0 Å². The smallest absolute Gasteiger partial charge is 0.269 e. The Labute approximate surface area is 125 Å². The zero-order valence-electron chi connectivity index (χ0n) is 12.9. The lowest BCUT2D eigenvalue weighted by atomic mass is 9.89. The fraction of sp³-hybridized carbons (Fsp3) is 0.294. The third kappa shape index (κ3) is 2.67. The Bertz CT molecular complexity index is 632. The predicted molar refractivity (Wildman–Crippen MR) is 86.2 cm³/mol. The fourth-order valence-electron chi connectivity index (χ4n) is 2.44. The van der Waals surface area contributed by atoms with Crippen molar-refractivity contribution < 1.29 is 4.92 Å². The third-order valence-corrected chi connectivity index (χ3v) is 4.58. The number of rotatable bonds is 4. The monoisotopic (exact) mass is 285 g/mol. The van der Waals surface area contributed by atoms with Crippen molar-refractivity contribution in [2.45, 2.75) is 19.4 Å². The molecule has 0 heterocycles. The number of benzene rings is 2.